The third-order valence-electron chi connectivity index (χ3n) is 2.13. The van der Waals surface area contributed by atoms with E-state index in [2.05, 4.69) is 0 Å². The highest BCUT2D eigenvalue weighted by molar-refractivity contribution is 7.92. The molecular formula is C10H12FNO4S. The molecule has 7 heteroatoms. The van der Waals surface area contributed by atoms with Gasteiger partial charge in [0.25, 0.3) is 0 Å². The standard InChI is InChI=1S/C10H12FNO4S/c1-7(10(13)14)12(17(2,15)16)9-5-3-4-8(11)6-9/h3-7H,1-2H3,(H,13,14). The molecule has 0 fully saturated rings. The van der Waals surface area contributed by atoms with Gasteiger partial charge in [-0.25, -0.2) is 17.6 Å². The second kappa shape index (κ2) is 4.70. The van der Waals surface area contributed by atoms with Gasteiger partial charge in [-0.1, -0.05) is 6.07 Å². The van der Waals surface area contributed by atoms with E-state index in [4.69, 9.17) is 5.11 Å². The third-order valence-corrected chi connectivity index (χ3v) is 3.37. The first kappa shape index (κ1) is 13.4. The Balaban J connectivity index is 3.30. The van der Waals surface area contributed by atoms with Crippen LogP contribution in [0.2, 0.25) is 0 Å². The fraction of sp³-hybridized carbons (Fsp3) is 0.300. The highest BCUT2D eigenvalue weighted by Crippen LogP contribution is 2.21. The molecule has 1 rings (SSSR count). The molecule has 0 saturated carbocycles. The number of carbonyl (C=O) groups is 1. The molecule has 0 spiro atoms. The average Bonchev–Trinajstić information content (AvgIpc) is 2.15. The fourth-order valence-electron chi connectivity index (χ4n) is 1.42. The highest BCUT2D eigenvalue weighted by atomic mass is 32.2. The van der Waals surface area contributed by atoms with Crippen molar-refractivity contribution in [2.75, 3.05) is 10.6 Å². The van der Waals surface area contributed by atoms with Gasteiger partial charge in [-0.2, -0.15) is 0 Å². The van der Waals surface area contributed by atoms with Crippen LogP contribution in [0.25, 0.3) is 0 Å². The molecule has 1 atom stereocenters. The van der Waals surface area contributed by atoms with Crippen LogP contribution in [0.3, 0.4) is 0 Å². The SMILES string of the molecule is CC(C(=O)O)N(c1cccc(F)c1)S(C)(=O)=O. The van der Waals surface area contributed by atoms with Crippen LogP contribution in [0.15, 0.2) is 24.3 Å². The summed E-state index contributed by atoms with van der Waals surface area (Å²) >= 11 is 0. The summed E-state index contributed by atoms with van der Waals surface area (Å²) in [5.74, 6) is -1.94. The number of nitrogens with zero attached hydrogens (tertiary/aromatic N) is 1. The Kier molecular flexibility index (Phi) is 3.72. The Morgan fingerprint density at radius 1 is 1.47 bits per heavy atom. The van der Waals surface area contributed by atoms with Gasteiger partial charge in [0.15, 0.2) is 0 Å². The minimum Gasteiger partial charge on any atom is -0.480 e. The minimum absolute atomic E-state index is 0.0117. The first-order valence-corrected chi connectivity index (χ1v) is 6.56. The van der Waals surface area contributed by atoms with E-state index >= 15 is 0 Å². The zero-order chi connectivity index (χ0) is 13.2. The van der Waals surface area contributed by atoms with Crippen molar-refractivity contribution in [1.29, 1.82) is 0 Å². The molecule has 17 heavy (non-hydrogen) atoms. The zero-order valence-corrected chi connectivity index (χ0v) is 10.1. The summed E-state index contributed by atoms with van der Waals surface area (Å²) in [6.07, 6.45) is 0.872. The molecule has 0 heterocycles. The van der Waals surface area contributed by atoms with Crippen molar-refractivity contribution in [3.05, 3.63) is 30.1 Å². The molecular weight excluding hydrogens is 249 g/mol. The van der Waals surface area contributed by atoms with E-state index in [1.165, 1.54) is 19.1 Å². The van der Waals surface area contributed by atoms with Crippen LogP contribution in [0, 0.1) is 5.82 Å². The molecule has 1 aromatic carbocycles. The lowest BCUT2D eigenvalue weighted by atomic mass is 10.2. The van der Waals surface area contributed by atoms with Gasteiger partial charge in [0.1, 0.15) is 11.9 Å². The van der Waals surface area contributed by atoms with Crippen LogP contribution in [-0.2, 0) is 14.8 Å². The molecule has 0 amide bonds. The number of halogens is 1. The summed E-state index contributed by atoms with van der Waals surface area (Å²) in [5.41, 5.74) is -0.0117. The van der Waals surface area contributed by atoms with Gasteiger partial charge < -0.3 is 5.11 Å². The van der Waals surface area contributed by atoms with Crippen molar-refractivity contribution in [3.63, 3.8) is 0 Å². The quantitative estimate of drug-likeness (QED) is 0.879. The summed E-state index contributed by atoms with van der Waals surface area (Å²) in [6, 6.07) is 3.48. The molecule has 94 valence electrons. The number of anilines is 1. The smallest absolute Gasteiger partial charge is 0.327 e. The van der Waals surface area contributed by atoms with Crippen LogP contribution < -0.4 is 4.31 Å². The van der Waals surface area contributed by atoms with Gasteiger partial charge in [0, 0.05) is 0 Å². The molecule has 0 aliphatic rings. The van der Waals surface area contributed by atoms with Crippen LogP contribution >= 0.6 is 0 Å². The number of hydrogen-bond acceptors (Lipinski definition) is 3. The number of hydrogen-bond donors (Lipinski definition) is 1. The number of carboxylic acid groups (broad SMARTS) is 1. The Hall–Kier alpha value is -1.63. The molecule has 1 aromatic rings. The first-order valence-electron chi connectivity index (χ1n) is 4.71. The highest BCUT2D eigenvalue weighted by Gasteiger charge is 2.28. The summed E-state index contributed by atoms with van der Waals surface area (Å²) in [4.78, 5) is 10.8. The summed E-state index contributed by atoms with van der Waals surface area (Å²) in [6.45, 7) is 1.22. The maximum absolute atomic E-state index is 13.0. The van der Waals surface area contributed by atoms with Crippen molar-refractivity contribution in [2.24, 2.45) is 0 Å². The minimum atomic E-state index is -3.79. The average molecular weight is 261 g/mol. The Morgan fingerprint density at radius 3 is 2.47 bits per heavy atom. The van der Waals surface area contributed by atoms with Crippen molar-refractivity contribution in [3.8, 4) is 0 Å². The van der Waals surface area contributed by atoms with E-state index in [1.807, 2.05) is 0 Å². The van der Waals surface area contributed by atoms with Crippen LogP contribution in [0.1, 0.15) is 6.92 Å². The van der Waals surface area contributed by atoms with E-state index in [-0.39, 0.29) is 5.69 Å². The number of benzene rings is 1. The predicted octanol–water partition coefficient (Wildman–Crippen LogP) is 1.06. The van der Waals surface area contributed by atoms with Crippen molar-refractivity contribution in [2.45, 2.75) is 13.0 Å². The maximum atomic E-state index is 13.0. The van der Waals surface area contributed by atoms with Crippen LogP contribution in [0.5, 0.6) is 0 Å². The molecule has 0 bridgehead atoms. The Labute approximate surface area is 98.5 Å². The lowest BCUT2D eigenvalue weighted by molar-refractivity contribution is -0.137. The van der Waals surface area contributed by atoms with Gasteiger partial charge in [-0.05, 0) is 25.1 Å². The predicted molar refractivity (Wildman–Crippen MR) is 60.8 cm³/mol. The molecule has 0 aliphatic heterocycles. The second-order valence-corrected chi connectivity index (χ2v) is 5.41. The lowest BCUT2D eigenvalue weighted by Gasteiger charge is -2.26. The van der Waals surface area contributed by atoms with Gasteiger partial charge in [-0.15, -0.1) is 0 Å². The van der Waals surface area contributed by atoms with Crippen molar-refractivity contribution >= 4 is 21.7 Å². The van der Waals surface area contributed by atoms with Crippen LogP contribution in [0.4, 0.5) is 10.1 Å². The zero-order valence-electron chi connectivity index (χ0n) is 9.29. The molecule has 1 N–H and O–H groups in total. The summed E-state index contributed by atoms with van der Waals surface area (Å²) in [5, 5.41) is 8.85. The molecule has 0 aromatic heterocycles. The van der Waals surface area contributed by atoms with E-state index in [1.54, 1.807) is 0 Å². The van der Waals surface area contributed by atoms with E-state index < -0.39 is 27.9 Å². The van der Waals surface area contributed by atoms with E-state index in [9.17, 15) is 17.6 Å². The number of sulfonamides is 1. The first-order chi connectivity index (χ1) is 7.73. The summed E-state index contributed by atoms with van der Waals surface area (Å²) in [7, 11) is -3.79. The topological polar surface area (TPSA) is 74.7 Å². The Morgan fingerprint density at radius 2 is 2.06 bits per heavy atom. The lowest BCUT2D eigenvalue weighted by Crippen LogP contribution is -2.42. The van der Waals surface area contributed by atoms with Crippen molar-refractivity contribution < 1.29 is 22.7 Å². The second-order valence-electron chi connectivity index (χ2n) is 3.55. The third kappa shape index (κ3) is 3.16. The monoisotopic (exact) mass is 261 g/mol. The van der Waals surface area contributed by atoms with Gasteiger partial charge in [-0.3, -0.25) is 4.31 Å². The normalized spacial score (nSPS) is 13.1. The molecule has 0 saturated heterocycles. The molecule has 0 aliphatic carbocycles. The maximum Gasteiger partial charge on any atom is 0.327 e. The summed E-state index contributed by atoms with van der Waals surface area (Å²) < 4.78 is 36.7. The van der Waals surface area contributed by atoms with Gasteiger partial charge in [0.2, 0.25) is 10.0 Å². The molecule has 1 unspecified atom stereocenters. The van der Waals surface area contributed by atoms with E-state index in [0.29, 0.717) is 4.31 Å². The number of carboxylic acids is 1. The number of rotatable bonds is 4. The van der Waals surface area contributed by atoms with Gasteiger partial charge >= 0.3 is 5.97 Å². The van der Waals surface area contributed by atoms with E-state index in [0.717, 1.165) is 18.4 Å². The van der Waals surface area contributed by atoms with Crippen molar-refractivity contribution in [1.82, 2.24) is 0 Å². The largest absolute Gasteiger partial charge is 0.480 e. The van der Waals surface area contributed by atoms with Crippen LogP contribution in [-0.4, -0.2) is 31.8 Å². The fourth-order valence-corrected chi connectivity index (χ4v) is 2.58. The molecule has 5 nitrogen and oxygen atoms in total. The number of aliphatic carboxylic acids is 1. The van der Waals surface area contributed by atoms with Gasteiger partial charge in [0.05, 0.1) is 11.9 Å². The Bertz CT molecular complexity index is 529. The molecule has 0 radical (unpaired) electrons.